The van der Waals surface area contributed by atoms with Crippen LogP contribution in [0, 0.1) is 0 Å². The Hall–Kier alpha value is -3.01. The van der Waals surface area contributed by atoms with Crippen LogP contribution in [0.2, 0.25) is 0 Å². The first-order chi connectivity index (χ1) is 12.6. The van der Waals surface area contributed by atoms with E-state index >= 15 is 0 Å². The molecule has 0 aliphatic carbocycles. The lowest BCUT2D eigenvalue weighted by Gasteiger charge is -2.10. The van der Waals surface area contributed by atoms with Crippen molar-refractivity contribution in [3.05, 3.63) is 30.6 Å². The molecule has 0 aliphatic rings. The maximum Gasteiger partial charge on any atom is 0.313 e. The van der Waals surface area contributed by atoms with E-state index in [0.717, 1.165) is 17.5 Å². The van der Waals surface area contributed by atoms with E-state index in [0.29, 0.717) is 35.2 Å². The summed E-state index contributed by atoms with van der Waals surface area (Å²) in [7, 11) is 1.60. The van der Waals surface area contributed by atoms with Gasteiger partial charge in [-0.3, -0.25) is 4.79 Å². The third-order valence-corrected chi connectivity index (χ3v) is 4.45. The van der Waals surface area contributed by atoms with Crippen molar-refractivity contribution >= 4 is 34.7 Å². The Kier molecular flexibility index (Phi) is 5.42. The number of benzene rings is 1. The molecular formula is C16H17N5O4S. The minimum absolute atomic E-state index is 0.115. The summed E-state index contributed by atoms with van der Waals surface area (Å²) in [6, 6.07) is 7.24. The second kappa shape index (κ2) is 7.91. The molecule has 0 radical (unpaired) electrons. The summed E-state index contributed by atoms with van der Waals surface area (Å²) in [4.78, 5) is 23.4. The molecular weight excluding hydrogens is 358 g/mol. The van der Waals surface area contributed by atoms with Crippen molar-refractivity contribution in [1.82, 2.24) is 19.5 Å². The molecule has 2 aromatic heterocycles. The number of nitrogens with zero attached hydrogens (tertiary/aromatic N) is 4. The molecule has 9 nitrogen and oxygen atoms in total. The fourth-order valence-electron chi connectivity index (χ4n) is 2.30. The average Bonchev–Trinajstić information content (AvgIpc) is 3.00. The van der Waals surface area contributed by atoms with Crippen LogP contribution >= 0.6 is 11.8 Å². The molecule has 3 N–H and O–H groups in total. The van der Waals surface area contributed by atoms with Crippen molar-refractivity contribution < 1.29 is 19.4 Å². The van der Waals surface area contributed by atoms with Gasteiger partial charge in [0, 0.05) is 0 Å². The van der Waals surface area contributed by atoms with Crippen LogP contribution in [0.5, 0.6) is 11.5 Å². The number of carboxylic acid groups (broad SMARTS) is 1. The lowest BCUT2D eigenvalue weighted by atomic mass is 10.3. The topological polar surface area (TPSA) is 125 Å². The first kappa shape index (κ1) is 17.8. The molecule has 0 unspecified atom stereocenters. The molecule has 0 spiro atoms. The van der Waals surface area contributed by atoms with Crippen LogP contribution in [0.3, 0.4) is 0 Å². The van der Waals surface area contributed by atoms with Crippen molar-refractivity contribution in [2.24, 2.45) is 0 Å². The summed E-state index contributed by atoms with van der Waals surface area (Å²) in [5.74, 6) is 0.654. The summed E-state index contributed by atoms with van der Waals surface area (Å²) >= 11 is 1.10. The van der Waals surface area contributed by atoms with Crippen molar-refractivity contribution in [2.45, 2.75) is 11.7 Å². The Morgan fingerprint density at radius 2 is 2.00 bits per heavy atom. The smallest absolute Gasteiger partial charge is 0.313 e. The zero-order valence-electron chi connectivity index (χ0n) is 14.0. The fraction of sp³-hybridized carbons (Fsp3) is 0.250. The fourth-order valence-corrected chi connectivity index (χ4v) is 3.04. The third kappa shape index (κ3) is 3.97. The molecule has 0 fully saturated rings. The minimum atomic E-state index is -0.929. The van der Waals surface area contributed by atoms with Gasteiger partial charge in [0.25, 0.3) is 0 Å². The molecule has 1 aromatic carbocycles. The summed E-state index contributed by atoms with van der Waals surface area (Å²) in [6.45, 7) is 0.781. The van der Waals surface area contributed by atoms with Gasteiger partial charge in [0.05, 0.1) is 19.4 Å². The maximum atomic E-state index is 10.9. The number of rotatable bonds is 8. The van der Waals surface area contributed by atoms with Crippen molar-refractivity contribution in [3.63, 3.8) is 0 Å². The van der Waals surface area contributed by atoms with Crippen LogP contribution in [0.25, 0.3) is 11.2 Å². The van der Waals surface area contributed by atoms with Crippen LogP contribution in [-0.4, -0.2) is 50.1 Å². The Bertz CT molecular complexity index is 913. The Morgan fingerprint density at radius 1 is 1.27 bits per heavy atom. The number of imidazole rings is 1. The second-order valence-electron chi connectivity index (χ2n) is 5.18. The lowest BCUT2D eigenvalue weighted by molar-refractivity contribution is -0.133. The summed E-state index contributed by atoms with van der Waals surface area (Å²) in [5.41, 5.74) is 6.84. The van der Waals surface area contributed by atoms with Crippen LogP contribution in [-0.2, 0) is 11.3 Å². The van der Waals surface area contributed by atoms with Gasteiger partial charge in [-0.15, -0.1) is 0 Å². The van der Waals surface area contributed by atoms with Crippen LogP contribution < -0.4 is 15.2 Å². The number of anilines is 1. The number of carboxylic acids is 1. The zero-order valence-corrected chi connectivity index (χ0v) is 14.8. The highest BCUT2D eigenvalue weighted by atomic mass is 32.2. The largest absolute Gasteiger partial charge is 0.497 e. The quantitative estimate of drug-likeness (QED) is 0.565. The molecule has 0 atom stereocenters. The number of fused-ring (bicyclic) bond motifs is 1. The van der Waals surface area contributed by atoms with E-state index in [1.54, 1.807) is 11.7 Å². The van der Waals surface area contributed by atoms with Gasteiger partial charge >= 0.3 is 5.97 Å². The van der Waals surface area contributed by atoms with Gasteiger partial charge in [-0.1, -0.05) is 11.8 Å². The number of ether oxygens (including phenoxy) is 2. The molecule has 3 rings (SSSR count). The first-order valence-electron chi connectivity index (χ1n) is 7.66. The molecule has 136 valence electrons. The first-order valence-corrected chi connectivity index (χ1v) is 8.65. The monoisotopic (exact) mass is 375 g/mol. The number of hydrogen-bond donors (Lipinski definition) is 2. The van der Waals surface area contributed by atoms with Gasteiger partial charge in [0.1, 0.15) is 24.4 Å². The van der Waals surface area contributed by atoms with E-state index in [4.69, 9.17) is 20.3 Å². The molecule has 0 saturated carbocycles. The van der Waals surface area contributed by atoms with Gasteiger partial charge < -0.3 is 24.9 Å². The van der Waals surface area contributed by atoms with Gasteiger partial charge in [0.2, 0.25) is 0 Å². The SMILES string of the molecule is COc1ccc(OCCn2c(SCC(=O)O)nc3c(N)ncnc32)cc1. The number of carbonyl (C=O) groups is 1. The van der Waals surface area contributed by atoms with Gasteiger partial charge in [-0.2, -0.15) is 0 Å². The summed E-state index contributed by atoms with van der Waals surface area (Å²) in [6.07, 6.45) is 1.35. The normalized spacial score (nSPS) is 10.8. The number of hydrogen-bond acceptors (Lipinski definition) is 8. The number of thioether (sulfide) groups is 1. The van der Waals surface area contributed by atoms with Crippen LogP contribution in [0.4, 0.5) is 5.82 Å². The van der Waals surface area contributed by atoms with E-state index in [1.165, 1.54) is 6.33 Å². The van der Waals surface area contributed by atoms with E-state index in [9.17, 15) is 4.79 Å². The van der Waals surface area contributed by atoms with Crippen molar-refractivity contribution in [3.8, 4) is 11.5 Å². The third-order valence-electron chi connectivity index (χ3n) is 3.49. The number of aliphatic carboxylic acids is 1. The second-order valence-corrected chi connectivity index (χ2v) is 6.13. The summed E-state index contributed by atoms with van der Waals surface area (Å²) in [5, 5.41) is 9.42. The van der Waals surface area contributed by atoms with Crippen molar-refractivity contribution in [1.29, 1.82) is 0 Å². The highest BCUT2D eigenvalue weighted by molar-refractivity contribution is 7.99. The number of methoxy groups -OCH3 is 1. The van der Waals surface area contributed by atoms with Crippen molar-refractivity contribution in [2.75, 3.05) is 25.2 Å². The number of nitrogen functional groups attached to an aromatic ring is 1. The summed E-state index contributed by atoms with van der Waals surface area (Å²) < 4.78 is 12.6. The van der Waals surface area contributed by atoms with E-state index in [-0.39, 0.29) is 11.6 Å². The van der Waals surface area contributed by atoms with Gasteiger partial charge in [0.15, 0.2) is 22.1 Å². The highest BCUT2D eigenvalue weighted by Crippen LogP contribution is 2.25. The molecule has 0 saturated heterocycles. The number of nitrogens with two attached hydrogens (primary N) is 1. The zero-order chi connectivity index (χ0) is 18.5. The minimum Gasteiger partial charge on any atom is -0.497 e. The Labute approximate surface area is 153 Å². The van der Waals surface area contributed by atoms with Gasteiger partial charge in [-0.05, 0) is 24.3 Å². The molecule has 0 amide bonds. The molecule has 2 heterocycles. The van der Waals surface area contributed by atoms with Crippen LogP contribution in [0.1, 0.15) is 0 Å². The molecule has 0 bridgehead atoms. The lowest BCUT2D eigenvalue weighted by Crippen LogP contribution is -2.10. The molecule has 10 heteroatoms. The highest BCUT2D eigenvalue weighted by Gasteiger charge is 2.16. The molecule has 3 aromatic rings. The number of aromatic nitrogens is 4. The van der Waals surface area contributed by atoms with E-state index in [2.05, 4.69) is 15.0 Å². The predicted molar refractivity (Wildman–Crippen MR) is 96.6 cm³/mol. The Morgan fingerprint density at radius 3 is 2.69 bits per heavy atom. The maximum absolute atomic E-state index is 10.9. The standard InChI is InChI=1S/C16H17N5O4S/c1-24-10-2-4-11(5-3-10)25-7-6-21-15-13(14(17)18-9-19-15)20-16(21)26-8-12(22)23/h2-5,9H,6-8H2,1H3,(H,22,23)(H2,17,18,19). The van der Waals surface area contributed by atoms with Crippen LogP contribution in [0.15, 0.2) is 35.7 Å². The predicted octanol–water partition coefficient (Wildman–Crippen LogP) is 1.67. The average molecular weight is 375 g/mol. The molecule has 0 aliphatic heterocycles. The van der Waals surface area contributed by atoms with E-state index < -0.39 is 5.97 Å². The molecule has 26 heavy (non-hydrogen) atoms. The van der Waals surface area contributed by atoms with Gasteiger partial charge in [-0.25, -0.2) is 15.0 Å². The Balaban J connectivity index is 1.77. The van der Waals surface area contributed by atoms with E-state index in [1.807, 2.05) is 24.3 Å².